The quantitative estimate of drug-likeness (QED) is 0.573. The molecule has 0 radical (unpaired) electrons. The molecule has 0 aliphatic rings. The van der Waals surface area contributed by atoms with Crippen LogP contribution in [0.3, 0.4) is 0 Å². The molecule has 3 aromatic rings. The zero-order valence-corrected chi connectivity index (χ0v) is 17.7. The molecule has 0 saturated heterocycles. The van der Waals surface area contributed by atoms with Crippen LogP contribution in [0.5, 0.6) is 5.75 Å². The molecule has 6 nitrogen and oxygen atoms in total. The highest BCUT2D eigenvalue weighted by molar-refractivity contribution is 7.91. The highest BCUT2D eigenvalue weighted by Crippen LogP contribution is 2.35. The van der Waals surface area contributed by atoms with Crippen molar-refractivity contribution in [2.24, 2.45) is 0 Å². The summed E-state index contributed by atoms with van der Waals surface area (Å²) >= 11 is 0. The van der Waals surface area contributed by atoms with Crippen molar-refractivity contribution in [1.29, 1.82) is 5.26 Å². The van der Waals surface area contributed by atoms with Gasteiger partial charge in [0.2, 0.25) is 0 Å². The third-order valence-electron chi connectivity index (χ3n) is 4.82. The summed E-state index contributed by atoms with van der Waals surface area (Å²) in [5, 5.41) is 18.2. The van der Waals surface area contributed by atoms with Crippen LogP contribution in [0.4, 0.5) is 0 Å². The van der Waals surface area contributed by atoms with Gasteiger partial charge in [0.15, 0.2) is 16.4 Å². The van der Waals surface area contributed by atoms with Crippen molar-refractivity contribution in [3.8, 4) is 22.9 Å². The molecule has 31 heavy (non-hydrogen) atoms. The van der Waals surface area contributed by atoms with E-state index in [9.17, 15) is 18.5 Å². The maximum atomic E-state index is 13.0. The largest absolute Gasteiger partial charge is 0.481 e. The van der Waals surface area contributed by atoms with Crippen molar-refractivity contribution in [3.05, 3.63) is 83.4 Å². The summed E-state index contributed by atoms with van der Waals surface area (Å²) in [4.78, 5) is 11.1. The predicted octanol–water partition coefficient (Wildman–Crippen LogP) is 4.01. The Hall–Kier alpha value is -3.63. The number of aryl methyl sites for hydroxylation is 2. The smallest absolute Gasteiger partial charge is 0.341 e. The normalized spacial score (nSPS) is 11.0. The fourth-order valence-electron chi connectivity index (χ4n) is 3.17. The molecule has 0 spiro atoms. The Morgan fingerprint density at radius 3 is 2.45 bits per heavy atom. The minimum atomic E-state index is -3.56. The number of nitriles is 1. The van der Waals surface area contributed by atoms with E-state index >= 15 is 0 Å². The lowest BCUT2D eigenvalue weighted by atomic mass is 9.98. The van der Waals surface area contributed by atoms with Crippen LogP contribution in [0.15, 0.2) is 71.6 Å². The van der Waals surface area contributed by atoms with Crippen molar-refractivity contribution in [2.45, 2.75) is 18.2 Å². The molecule has 3 rings (SSSR count). The number of carboxylic acid groups (broad SMARTS) is 1. The summed E-state index contributed by atoms with van der Waals surface area (Å²) in [5.74, 6) is -0.910. The molecule has 158 valence electrons. The Bertz CT molecular complexity index is 1240. The van der Waals surface area contributed by atoms with Gasteiger partial charge in [-0.05, 0) is 60.4 Å². The van der Waals surface area contributed by atoms with E-state index in [1.807, 2.05) is 43.3 Å². The number of hydrogen-bond acceptors (Lipinski definition) is 5. The van der Waals surface area contributed by atoms with Crippen LogP contribution >= 0.6 is 0 Å². The Morgan fingerprint density at radius 2 is 1.77 bits per heavy atom. The average molecular weight is 436 g/mol. The molecule has 0 aliphatic heterocycles. The molecule has 0 amide bonds. The number of carboxylic acids is 1. The minimum absolute atomic E-state index is 0.0415. The second-order valence-electron chi connectivity index (χ2n) is 7.04. The Kier molecular flexibility index (Phi) is 6.73. The van der Waals surface area contributed by atoms with Crippen molar-refractivity contribution in [2.75, 3.05) is 12.4 Å². The van der Waals surface area contributed by atoms with Crippen LogP contribution in [-0.2, 0) is 21.1 Å². The standard InChI is InChI=1S/C24H21NO5S/c1-17-7-9-20(31(28,29)12-11-18-5-3-2-4-6-18)14-21(17)22-13-19(15-25)8-10-23(22)30-16-24(26)27/h2-10,13-14H,11-12,16H2,1H3,(H,26,27). The molecular weight excluding hydrogens is 414 g/mol. The average Bonchev–Trinajstić information content (AvgIpc) is 2.77. The fourth-order valence-corrected chi connectivity index (χ4v) is 4.49. The van der Waals surface area contributed by atoms with E-state index in [4.69, 9.17) is 9.84 Å². The topological polar surface area (TPSA) is 104 Å². The van der Waals surface area contributed by atoms with Crippen LogP contribution in [0, 0.1) is 18.3 Å². The van der Waals surface area contributed by atoms with Crippen molar-refractivity contribution in [1.82, 2.24) is 0 Å². The summed E-state index contributed by atoms with van der Waals surface area (Å²) in [7, 11) is -3.56. The minimum Gasteiger partial charge on any atom is -0.481 e. The number of sulfone groups is 1. The first-order valence-corrected chi connectivity index (χ1v) is 11.2. The lowest BCUT2D eigenvalue weighted by Gasteiger charge is -2.14. The van der Waals surface area contributed by atoms with E-state index in [0.29, 0.717) is 23.1 Å². The SMILES string of the molecule is Cc1ccc(S(=O)(=O)CCc2ccccc2)cc1-c1cc(C#N)ccc1OCC(=O)O. The molecule has 7 heteroatoms. The molecule has 0 atom stereocenters. The number of nitrogens with zero attached hydrogens (tertiary/aromatic N) is 1. The highest BCUT2D eigenvalue weighted by Gasteiger charge is 2.18. The van der Waals surface area contributed by atoms with E-state index in [2.05, 4.69) is 0 Å². The lowest BCUT2D eigenvalue weighted by Crippen LogP contribution is -2.11. The summed E-state index contributed by atoms with van der Waals surface area (Å²) in [6.07, 6.45) is 0.392. The molecule has 0 bridgehead atoms. The summed E-state index contributed by atoms with van der Waals surface area (Å²) in [6.45, 7) is 1.27. The second-order valence-corrected chi connectivity index (χ2v) is 9.15. The van der Waals surface area contributed by atoms with Crippen LogP contribution in [0.25, 0.3) is 11.1 Å². The third kappa shape index (κ3) is 5.50. The number of aliphatic carboxylic acids is 1. The number of hydrogen-bond donors (Lipinski definition) is 1. The first-order chi connectivity index (χ1) is 14.8. The van der Waals surface area contributed by atoms with E-state index in [-0.39, 0.29) is 16.4 Å². The third-order valence-corrected chi connectivity index (χ3v) is 6.53. The number of carbonyl (C=O) groups is 1. The molecule has 3 aromatic carbocycles. The van der Waals surface area contributed by atoms with Gasteiger partial charge >= 0.3 is 5.97 Å². The molecule has 1 N–H and O–H groups in total. The molecule has 0 aromatic heterocycles. The maximum absolute atomic E-state index is 13.0. The van der Waals surface area contributed by atoms with E-state index in [0.717, 1.165) is 11.1 Å². The Labute approximate surface area is 181 Å². The van der Waals surface area contributed by atoms with Crippen LogP contribution in [0.1, 0.15) is 16.7 Å². The Balaban J connectivity index is 1.99. The van der Waals surface area contributed by atoms with Gasteiger partial charge in [0.25, 0.3) is 0 Å². The number of rotatable bonds is 8. The zero-order chi connectivity index (χ0) is 22.4. The van der Waals surface area contributed by atoms with E-state index < -0.39 is 22.4 Å². The van der Waals surface area contributed by atoms with E-state index in [1.54, 1.807) is 24.3 Å². The van der Waals surface area contributed by atoms with Gasteiger partial charge in [0.05, 0.1) is 22.3 Å². The summed E-state index contributed by atoms with van der Waals surface area (Å²) < 4.78 is 31.3. The molecule has 0 aliphatic carbocycles. The van der Waals surface area contributed by atoms with Gasteiger partial charge < -0.3 is 9.84 Å². The first kappa shape index (κ1) is 22.1. The molecule has 0 saturated carbocycles. The second kappa shape index (κ2) is 9.45. The van der Waals surface area contributed by atoms with E-state index in [1.165, 1.54) is 12.1 Å². The van der Waals surface area contributed by atoms with Crippen molar-refractivity contribution < 1.29 is 23.1 Å². The van der Waals surface area contributed by atoms with Gasteiger partial charge in [0, 0.05) is 5.56 Å². The summed E-state index contributed by atoms with van der Waals surface area (Å²) in [6, 6.07) is 20.9. The molecule has 0 fully saturated rings. The van der Waals surface area contributed by atoms with Gasteiger partial charge in [0.1, 0.15) is 5.75 Å². The van der Waals surface area contributed by atoms with Crippen molar-refractivity contribution >= 4 is 15.8 Å². The van der Waals surface area contributed by atoms with Gasteiger partial charge in [-0.2, -0.15) is 5.26 Å². The number of benzene rings is 3. The van der Waals surface area contributed by atoms with Gasteiger partial charge in [-0.1, -0.05) is 36.4 Å². The number of ether oxygens (including phenoxy) is 1. The summed E-state index contributed by atoms with van der Waals surface area (Å²) in [5.41, 5.74) is 3.10. The van der Waals surface area contributed by atoms with Crippen molar-refractivity contribution in [3.63, 3.8) is 0 Å². The predicted molar refractivity (Wildman–Crippen MR) is 117 cm³/mol. The zero-order valence-electron chi connectivity index (χ0n) is 16.9. The fraction of sp³-hybridized carbons (Fsp3) is 0.167. The van der Waals surface area contributed by atoms with Gasteiger partial charge in [-0.25, -0.2) is 13.2 Å². The Morgan fingerprint density at radius 1 is 1.03 bits per heavy atom. The monoisotopic (exact) mass is 435 g/mol. The molecular formula is C24H21NO5S. The van der Waals surface area contributed by atoms with Crippen LogP contribution < -0.4 is 4.74 Å². The first-order valence-electron chi connectivity index (χ1n) is 9.56. The van der Waals surface area contributed by atoms with Gasteiger partial charge in [-0.15, -0.1) is 0 Å². The van der Waals surface area contributed by atoms with Crippen LogP contribution in [-0.4, -0.2) is 31.9 Å². The van der Waals surface area contributed by atoms with Crippen LogP contribution in [0.2, 0.25) is 0 Å². The lowest BCUT2D eigenvalue weighted by molar-refractivity contribution is -0.139. The molecule has 0 heterocycles. The highest BCUT2D eigenvalue weighted by atomic mass is 32.2. The maximum Gasteiger partial charge on any atom is 0.341 e. The molecule has 0 unspecified atom stereocenters. The van der Waals surface area contributed by atoms with Gasteiger partial charge in [-0.3, -0.25) is 0 Å².